The third kappa shape index (κ3) is 2.39. The smallest absolute Gasteiger partial charge is 0.263 e. The molecule has 1 aromatic rings. The van der Waals surface area contributed by atoms with E-state index in [0.717, 1.165) is 5.56 Å². The lowest BCUT2D eigenvalue weighted by Gasteiger charge is -2.09. The van der Waals surface area contributed by atoms with Gasteiger partial charge in [-0.15, -0.1) is 0 Å². The second kappa shape index (κ2) is 5.56. The average Bonchev–Trinajstić information content (AvgIpc) is 2.36. The number of likely N-dealkylation sites (N-methyl/N-ethyl adjacent to an activating group) is 1. The lowest BCUT2D eigenvalue weighted by Crippen LogP contribution is -2.23. The van der Waals surface area contributed by atoms with Gasteiger partial charge in [0.1, 0.15) is 11.6 Å². The summed E-state index contributed by atoms with van der Waals surface area (Å²) in [4.78, 5) is 11.5. The van der Waals surface area contributed by atoms with Crippen molar-refractivity contribution >= 4 is 11.6 Å². The Morgan fingerprint density at radius 3 is 2.25 bits per heavy atom. The molecule has 0 radical (unpaired) electrons. The van der Waals surface area contributed by atoms with E-state index in [-0.39, 0.29) is 5.57 Å². The van der Waals surface area contributed by atoms with E-state index in [2.05, 4.69) is 10.6 Å². The number of hydrogen-bond acceptors (Lipinski definition) is 3. The van der Waals surface area contributed by atoms with Crippen LogP contribution < -0.4 is 10.6 Å². The fraction of sp³-hybridized carbons (Fsp3) is 0.167. The Balaban J connectivity index is 3.29. The van der Waals surface area contributed by atoms with Crippen LogP contribution in [0.25, 0.3) is 5.70 Å². The van der Waals surface area contributed by atoms with Crippen LogP contribution in [0.1, 0.15) is 5.56 Å². The summed E-state index contributed by atoms with van der Waals surface area (Å²) in [6, 6.07) is 11.2. The summed E-state index contributed by atoms with van der Waals surface area (Å²) in [6.45, 7) is 0. The van der Waals surface area contributed by atoms with Crippen LogP contribution in [0.5, 0.6) is 0 Å². The predicted molar refractivity (Wildman–Crippen MR) is 62.1 cm³/mol. The first-order valence-corrected chi connectivity index (χ1v) is 4.84. The Bertz CT molecular complexity index is 443. The molecular formula is C12H13N3O. The zero-order valence-electron chi connectivity index (χ0n) is 9.24. The number of carbonyl (C=O) groups is 1. The molecule has 0 saturated carbocycles. The molecule has 4 nitrogen and oxygen atoms in total. The Kier molecular flexibility index (Phi) is 4.10. The SMILES string of the molecule is CNC(=O)/C(C#N)=C(\NC)c1ccccc1. The molecule has 0 bridgehead atoms. The van der Waals surface area contributed by atoms with Crippen LogP contribution in [0.4, 0.5) is 0 Å². The van der Waals surface area contributed by atoms with Crippen molar-refractivity contribution in [3.8, 4) is 6.07 Å². The number of nitrogens with zero attached hydrogens (tertiary/aromatic N) is 1. The summed E-state index contributed by atoms with van der Waals surface area (Å²) in [5.41, 5.74) is 1.42. The predicted octanol–water partition coefficient (Wildman–Crippen LogP) is 0.887. The van der Waals surface area contributed by atoms with Gasteiger partial charge in [-0.3, -0.25) is 4.79 Å². The Labute approximate surface area is 94.6 Å². The third-order valence-electron chi connectivity index (χ3n) is 2.13. The van der Waals surface area contributed by atoms with Gasteiger partial charge >= 0.3 is 0 Å². The average molecular weight is 215 g/mol. The third-order valence-corrected chi connectivity index (χ3v) is 2.13. The number of hydrogen-bond donors (Lipinski definition) is 2. The van der Waals surface area contributed by atoms with Gasteiger partial charge in [-0.1, -0.05) is 30.3 Å². The molecule has 1 aromatic carbocycles. The molecule has 82 valence electrons. The van der Waals surface area contributed by atoms with Crippen molar-refractivity contribution in [1.29, 1.82) is 5.26 Å². The lowest BCUT2D eigenvalue weighted by molar-refractivity contribution is -0.116. The molecule has 2 N–H and O–H groups in total. The van der Waals surface area contributed by atoms with Gasteiger partial charge in [-0.25, -0.2) is 0 Å². The van der Waals surface area contributed by atoms with Crippen molar-refractivity contribution in [2.75, 3.05) is 14.1 Å². The van der Waals surface area contributed by atoms with Crippen molar-refractivity contribution in [2.24, 2.45) is 0 Å². The number of rotatable bonds is 3. The molecule has 16 heavy (non-hydrogen) atoms. The zero-order chi connectivity index (χ0) is 12.0. The van der Waals surface area contributed by atoms with E-state index in [1.165, 1.54) is 7.05 Å². The standard InChI is InChI=1S/C12H13N3O/c1-14-11(9-6-4-3-5-7-9)10(8-13)12(16)15-2/h3-7,14H,1-2H3,(H,15,16)/b11-10-. The molecule has 0 aliphatic heterocycles. The van der Waals surface area contributed by atoms with Gasteiger partial charge in [0.25, 0.3) is 5.91 Å². The summed E-state index contributed by atoms with van der Waals surface area (Å²) in [7, 11) is 3.18. The van der Waals surface area contributed by atoms with Crippen LogP contribution in [0, 0.1) is 11.3 Å². The summed E-state index contributed by atoms with van der Waals surface area (Å²) in [6.07, 6.45) is 0. The van der Waals surface area contributed by atoms with Gasteiger partial charge in [-0.05, 0) is 5.56 Å². The van der Waals surface area contributed by atoms with E-state index >= 15 is 0 Å². The largest absolute Gasteiger partial charge is 0.386 e. The van der Waals surface area contributed by atoms with Crippen LogP contribution in [0.15, 0.2) is 35.9 Å². The van der Waals surface area contributed by atoms with Gasteiger partial charge in [0.15, 0.2) is 0 Å². The van der Waals surface area contributed by atoms with Crippen molar-refractivity contribution in [1.82, 2.24) is 10.6 Å². The molecule has 0 aliphatic rings. The van der Waals surface area contributed by atoms with Gasteiger partial charge < -0.3 is 10.6 Å². The van der Waals surface area contributed by atoms with Crippen molar-refractivity contribution in [3.63, 3.8) is 0 Å². The van der Waals surface area contributed by atoms with E-state index in [4.69, 9.17) is 5.26 Å². The minimum atomic E-state index is -0.393. The van der Waals surface area contributed by atoms with E-state index in [1.54, 1.807) is 7.05 Å². The highest BCUT2D eigenvalue weighted by Crippen LogP contribution is 2.15. The molecule has 0 aliphatic carbocycles. The molecule has 0 saturated heterocycles. The first-order chi connectivity index (χ1) is 7.74. The highest BCUT2D eigenvalue weighted by atomic mass is 16.1. The molecule has 0 spiro atoms. The molecule has 0 unspecified atom stereocenters. The monoisotopic (exact) mass is 215 g/mol. The molecule has 0 atom stereocenters. The lowest BCUT2D eigenvalue weighted by atomic mass is 10.1. The van der Waals surface area contributed by atoms with Crippen LogP contribution >= 0.6 is 0 Å². The van der Waals surface area contributed by atoms with E-state index in [1.807, 2.05) is 36.4 Å². The van der Waals surface area contributed by atoms with Gasteiger partial charge in [0.2, 0.25) is 0 Å². The highest BCUT2D eigenvalue weighted by Gasteiger charge is 2.14. The summed E-state index contributed by atoms with van der Waals surface area (Å²) in [5.74, 6) is -0.393. The Morgan fingerprint density at radius 2 is 1.81 bits per heavy atom. The second-order valence-corrected chi connectivity index (χ2v) is 3.06. The topological polar surface area (TPSA) is 64.9 Å². The normalized spacial score (nSPS) is 11.1. The van der Waals surface area contributed by atoms with Crippen molar-refractivity contribution < 1.29 is 4.79 Å². The maximum Gasteiger partial charge on any atom is 0.263 e. The highest BCUT2D eigenvalue weighted by molar-refractivity contribution is 6.04. The summed E-state index contributed by atoms with van der Waals surface area (Å²) < 4.78 is 0. The second-order valence-electron chi connectivity index (χ2n) is 3.06. The fourth-order valence-electron chi connectivity index (χ4n) is 1.36. The van der Waals surface area contributed by atoms with Gasteiger partial charge in [0.05, 0.1) is 5.70 Å². The quantitative estimate of drug-likeness (QED) is 0.581. The Hall–Kier alpha value is -2.28. The van der Waals surface area contributed by atoms with Gasteiger partial charge in [0, 0.05) is 14.1 Å². The van der Waals surface area contributed by atoms with Crippen LogP contribution in [0.3, 0.4) is 0 Å². The van der Waals surface area contributed by atoms with Crippen LogP contribution in [-0.2, 0) is 4.79 Å². The first-order valence-electron chi connectivity index (χ1n) is 4.84. The van der Waals surface area contributed by atoms with Crippen molar-refractivity contribution in [3.05, 3.63) is 41.5 Å². The zero-order valence-corrected chi connectivity index (χ0v) is 9.24. The molecule has 0 aromatic heterocycles. The number of nitriles is 1. The summed E-state index contributed by atoms with van der Waals surface area (Å²) in [5, 5.41) is 14.3. The molecule has 1 rings (SSSR count). The number of carbonyl (C=O) groups excluding carboxylic acids is 1. The van der Waals surface area contributed by atoms with Crippen LogP contribution in [0.2, 0.25) is 0 Å². The molecule has 0 fully saturated rings. The minimum Gasteiger partial charge on any atom is -0.386 e. The van der Waals surface area contributed by atoms with E-state index in [0.29, 0.717) is 5.70 Å². The van der Waals surface area contributed by atoms with Gasteiger partial charge in [-0.2, -0.15) is 5.26 Å². The van der Waals surface area contributed by atoms with E-state index < -0.39 is 5.91 Å². The number of amides is 1. The molecule has 0 heterocycles. The first kappa shape index (κ1) is 11.8. The van der Waals surface area contributed by atoms with E-state index in [9.17, 15) is 4.79 Å². The van der Waals surface area contributed by atoms with Crippen molar-refractivity contribution in [2.45, 2.75) is 0 Å². The minimum absolute atomic E-state index is 0.0798. The van der Waals surface area contributed by atoms with Crippen LogP contribution in [-0.4, -0.2) is 20.0 Å². The summed E-state index contributed by atoms with van der Waals surface area (Å²) >= 11 is 0. The molecule has 1 amide bonds. The number of benzene rings is 1. The molecular weight excluding hydrogens is 202 g/mol. The Morgan fingerprint density at radius 1 is 1.19 bits per heavy atom. The fourth-order valence-corrected chi connectivity index (χ4v) is 1.36. The number of nitrogens with one attached hydrogen (secondary N) is 2. The molecule has 4 heteroatoms. The maximum atomic E-state index is 11.5. The maximum absolute atomic E-state index is 11.5.